The summed E-state index contributed by atoms with van der Waals surface area (Å²) in [6.07, 6.45) is 2.53. The molecule has 1 aliphatic heterocycles. The molecule has 16 heavy (non-hydrogen) atoms. The second-order valence-electron chi connectivity index (χ2n) is 4.66. The van der Waals surface area contributed by atoms with Crippen molar-refractivity contribution in [3.05, 3.63) is 0 Å². The quantitative estimate of drug-likeness (QED) is 0.707. The van der Waals surface area contributed by atoms with Gasteiger partial charge in [0, 0.05) is 23.1 Å². The van der Waals surface area contributed by atoms with Gasteiger partial charge < -0.3 is 4.74 Å². The molecule has 1 rings (SSSR count). The Morgan fingerprint density at radius 2 is 2.12 bits per heavy atom. The van der Waals surface area contributed by atoms with Crippen LogP contribution in [0.3, 0.4) is 0 Å². The lowest BCUT2D eigenvalue weighted by Crippen LogP contribution is -2.33. The van der Waals surface area contributed by atoms with Crippen LogP contribution in [0.1, 0.15) is 33.1 Å². The van der Waals surface area contributed by atoms with Crippen LogP contribution in [0, 0.1) is 5.41 Å². The van der Waals surface area contributed by atoms with E-state index in [1.165, 1.54) is 0 Å². The Kier molecular flexibility index (Phi) is 5.26. The number of ether oxygens (including phenoxy) is 1. The molecule has 0 saturated carbocycles. The van der Waals surface area contributed by atoms with Gasteiger partial charge in [0.1, 0.15) is 9.84 Å². The van der Waals surface area contributed by atoms with Crippen LogP contribution in [0.25, 0.3) is 0 Å². The average Bonchev–Trinajstić information content (AvgIpc) is 2.58. The van der Waals surface area contributed by atoms with E-state index in [-0.39, 0.29) is 11.5 Å². The fourth-order valence-electron chi connectivity index (χ4n) is 2.16. The number of hydrogen-bond acceptors (Lipinski definition) is 3. The van der Waals surface area contributed by atoms with E-state index in [4.69, 9.17) is 4.74 Å². The molecular weight excluding hydrogens is 292 g/mol. The van der Waals surface area contributed by atoms with E-state index in [2.05, 4.69) is 15.9 Å². The molecular formula is C11H21BrO3S. The highest BCUT2D eigenvalue weighted by Gasteiger charge is 2.40. The second kappa shape index (κ2) is 5.83. The predicted octanol–water partition coefficient (Wildman–Crippen LogP) is 2.39. The van der Waals surface area contributed by atoms with Crippen LogP contribution in [0.2, 0.25) is 0 Å². The highest BCUT2D eigenvalue weighted by molar-refractivity contribution is 9.09. The third-order valence-corrected chi connectivity index (χ3v) is 6.50. The summed E-state index contributed by atoms with van der Waals surface area (Å²) in [6.45, 7) is 4.69. The minimum atomic E-state index is -2.87. The standard InChI is InChI=1S/C11H21BrO3S/c1-3-7-16(13,14)8-5-11(9-12)4-6-15-10(11)2/h10H,3-9H2,1-2H3. The highest BCUT2D eigenvalue weighted by atomic mass is 79.9. The minimum absolute atomic E-state index is 0.0147. The van der Waals surface area contributed by atoms with Crippen LogP contribution >= 0.6 is 15.9 Å². The molecule has 5 heteroatoms. The van der Waals surface area contributed by atoms with Gasteiger partial charge in [-0.15, -0.1) is 0 Å². The largest absolute Gasteiger partial charge is 0.378 e. The Bertz CT molecular complexity index is 315. The highest BCUT2D eigenvalue weighted by Crippen LogP contribution is 2.40. The first-order chi connectivity index (χ1) is 7.46. The Labute approximate surface area is 107 Å². The summed E-state index contributed by atoms with van der Waals surface area (Å²) in [4.78, 5) is 0. The van der Waals surface area contributed by atoms with Crippen LogP contribution in [0.4, 0.5) is 0 Å². The van der Waals surface area contributed by atoms with Crippen molar-refractivity contribution in [2.45, 2.75) is 39.2 Å². The lowest BCUT2D eigenvalue weighted by Gasteiger charge is -2.29. The molecule has 0 N–H and O–H groups in total. The van der Waals surface area contributed by atoms with Crippen LogP contribution in [-0.2, 0) is 14.6 Å². The smallest absolute Gasteiger partial charge is 0.150 e. The summed E-state index contributed by atoms with van der Waals surface area (Å²) in [5, 5.41) is 0.822. The molecule has 3 nitrogen and oxygen atoms in total. The van der Waals surface area contributed by atoms with E-state index in [1.54, 1.807) is 0 Å². The monoisotopic (exact) mass is 312 g/mol. The molecule has 0 aromatic carbocycles. The SMILES string of the molecule is CCCS(=O)(=O)CCC1(CBr)CCOC1C. The van der Waals surface area contributed by atoms with Crippen molar-refractivity contribution in [3.8, 4) is 0 Å². The normalized spacial score (nSPS) is 30.8. The molecule has 0 aromatic heterocycles. The van der Waals surface area contributed by atoms with E-state index in [0.29, 0.717) is 24.3 Å². The number of halogens is 1. The molecule has 0 bridgehead atoms. The maximum Gasteiger partial charge on any atom is 0.150 e. The van der Waals surface area contributed by atoms with Gasteiger partial charge >= 0.3 is 0 Å². The van der Waals surface area contributed by atoms with Crippen LogP contribution in [0.15, 0.2) is 0 Å². The van der Waals surface area contributed by atoms with Crippen molar-refractivity contribution in [2.75, 3.05) is 23.4 Å². The van der Waals surface area contributed by atoms with Gasteiger partial charge in [-0.1, -0.05) is 22.9 Å². The molecule has 0 aromatic rings. The lowest BCUT2D eigenvalue weighted by molar-refractivity contribution is 0.0732. The second-order valence-corrected chi connectivity index (χ2v) is 7.53. The number of sulfone groups is 1. The summed E-state index contributed by atoms with van der Waals surface area (Å²) >= 11 is 3.51. The molecule has 1 aliphatic rings. The molecule has 96 valence electrons. The van der Waals surface area contributed by atoms with Crippen LogP contribution in [-0.4, -0.2) is 38.0 Å². The first-order valence-electron chi connectivity index (χ1n) is 5.84. The van der Waals surface area contributed by atoms with Crippen molar-refractivity contribution in [1.82, 2.24) is 0 Å². The summed E-state index contributed by atoms with van der Waals surface area (Å²) in [6, 6.07) is 0. The molecule has 1 heterocycles. The summed E-state index contributed by atoms with van der Waals surface area (Å²) in [5.41, 5.74) is 0.0147. The Balaban J connectivity index is 2.59. The first-order valence-corrected chi connectivity index (χ1v) is 8.78. The fourth-order valence-corrected chi connectivity index (χ4v) is 4.72. The minimum Gasteiger partial charge on any atom is -0.378 e. The molecule has 0 radical (unpaired) electrons. The van der Waals surface area contributed by atoms with Gasteiger partial charge in [-0.25, -0.2) is 8.42 Å². The summed E-state index contributed by atoms with van der Waals surface area (Å²) < 4.78 is 29.0. The van der Waals surface area contributed by atoms with Gasteiger partial charge in [0.2, 0.25) is 0 Å². The maximum atomic E-state index is 11.7. The van der Waals surface area contributed by atoms with Gasteiger partial charge in [-0.05, 0) is 26.2 Å². The molecule has 1 saturated heterocycles. The van der Waals surface area contributed by atoms with Gasteiger partial charge in [0.25, 0.3) is 0 Å². The van der Waals surface area contributed by atoms with Crippen molar-refractivity contribution in [2.24, 2.45) is 5.41 Å². The Morgan fingerprint density at radius 3 is 2.56 bits per heavy atom. The van der Waals surface area contributed by atoms with Gasteiger partial charge in [-0.3, -0.25) is 0 Å². The van der Waals surface area contributed by atoms with Gasteiger partial charge in [0.05, 0.1) is 11.9 Å². The number of rotatable bonds is 6. The van der Waals surface area contributed by atoms with E-state index in [9.17, 15) is 8.42 Å². The maximum absolute atomic E-state index is 11.7. The average molecular weight is 313 g/mol. The van der Waals surface area contributed by atoms with E-state index >= 15 is 0 Å². The topological polar surface area (TPSA) is 43.4 Å². The fraction of sp³-hybridized carbons (Fsp3) is 1.00. The molecule has 1 fully saturated rings. The molecule has 0 aliphatic carbocycles. The zero-order valence-electron chi connectivity index (χ0n) is 10.0. The molecule has 2 atom stereocenters. The third kappa shape index (κ3) is 3.44. The summed E-state index contributed by atoms with van der Waals surface area (Å²) in [7, 11) is -2.87. The van der Waals surface area contributed by atoms with Gasteiger partial charge in [-0.2, -0.15) is 0 Å². The van der Waals surface area contributed by atoms with Crippen molar-refractivity contribution < 1.29 is 13.2 Å². The van der Waals surface area contributed by atoms with Gasteiger partial charge in [0.15, 0.2) is 0 Å². The summed E-state index contributed by atoms with van der Waals surface area (Å²) in [5.74, 6) is 0.598. The van der Waals surface area contributed by atoms with Crippen LogP contribution in [0.5, 0.6) is 0 Å². The Morgan fingerprint density at radius 1 is 1.44 bits per heavy atom. The predicted molar refractivity (Wildman–Crippen MR) is 69.8 cm³/mol. The zero-order valence-corrected chi connectivity index (χ0v) is 12.4. The number of alkyl halides is 1. The van der Waals surface area contributed by atoms with Crippen molar-refractivity contribution >= 4 is 25.8 Å². The molecule has 2 unspecified atom stereocenters. The lowest BCUT2D eigenvalue weighted by atomic mass is 9.81. The number of hydrogen-bond donors (Lipinski definition) is 0. The van der Waals surface area contributed by atoms with E-state index in [1.807, 2.05) is 13.8 Å². The molecule has 0 spiro atoms. The third-order valence-electron chi connectivity index (χ3n) is 3.52. The molecule has 0 amide bonds. The van der Waals surface area contributed by atoms with Crippen molar-refractivity contribution in [1.29, 1.82) is 0 Å². The van der Waals surface area contributed by atoms with E-state index in [0.717, 1.165) is 18.4 Å². The Hall–Kier alpha value is 0.390. The first kappa shape index (κ1) is 14.5. The zero-order chi connectivity index (χ0) is 12.2. The van der Waals surface area contributed by atoms with Crippen LogP contribution < -0.4 is 0 Å². The van der Waals surface area contributed by atoms with Crippen molar-refractivity contribution in [3.63, 3.8) is 0 Å². The van der Waals surface area contributed by atoms with E-state index < -0.39 is 9.84 Å².